The minimum absolute atomic E-state index is 0.0100. The van der Waals surface area contributed by atoms with Crippen LogP contribution in [0.25, 0.3) is 0 Å². The van der Waals surface area contributed by atoms with Crippen LogP contribution in [0.4, 0.5) is 17.1 Å². The van der Waals surface area contributed by atoms with E-state index in [4.69, 9.17) is 16.3 Å². The Labute approximate surface area is 208 Å². The lowest BCUT2D eigenvalue weighted by molar-refractivity contribution is -0.120. The van der Waals surface area contributed by atoms with E-state index in [0.29, 0.717) is 29.2 Å². The predicted molar refractivity (Wildman–Crippen MR) is 137 cm³/mol. The van der Waals surface area contributed by atoms with E-state index in [1.54, 1.807) is 60.7 Å². The molecule has 1 aliphatic rings. The standard InChI is InChI=1S/C27H24ClN3O4/c1-4-35-21-14-12-20(13-15-21)30-25(32)18-8-10-19(11-9-18)29-24-23(28)26(33)31(27(24)34)22-7-5-6-16(2)17(22)3/h5-15,29H,4H2,1-3H3,(H,30,32). The Morgan fingerprint density at radius 2 is 1.57 bits per heavy atom. The molecule has 8 heteroatoms. The molecular formula is C27H24ClN3O4. The third kappa shape index (κ3) is 4.90. The van der Waals surface area contributed by atoms with Gasteiger partial charge in [-0.15, -0.1) is 0 Å². The number of carbonyl (C=O) groups excluding carboxylic acids is 3. The minimum atomic E-state index is -0.584. The van der Waals surface area contributed by atoms with Gasteiger partial charge in [0.15, 0.2) is 0 Å². The molecule has 3 aromatic rings. The number of nitrogens with one attached hydrogen (secondary N) is 2. The van der Waals surface area contributed by atoms with E-state index in [1.807, 2.05) is 26.8 Å². The van der Waals surface area contributed by atoms with Gasteiger partial charge in [0.2, 0.25) is 0 Å². The van der Waals surface area contributed by atoms with E-state index in [0.717, 1.165) is 21.8 Å². The molecule has 0 spiro atoms. The molecule has 0 atom stereocenters. The Morgan fingerprint density at radius 3 is 2.23 bits per heavy atom. The van der Waals surface area contributed by atoms with Crippen molar-refractivity contribution in [1.82, 2.24) is 0 Å². The molecule has 0 fully saturated rings. The van der Waals surface area contributed by atoms with E-state index < -0.39 is 11.8 Å². The van der Waals surface area contributed by atoms with Gasteiger partial charge < -0.3 is 15.4 Å². The fourth-order valence-electron chi connectivity index (χ4n) is 3.66. The van der Waals surface area contributed by atoms with Crippen LogP contribution < -0.4 is 20.3 Å². The molecular weight excluding hydrogens is 466 g/mol. The summed E-state index contributed by atoms with van der Waals surface area (Å²) in [5.74, 6) is -0.679. The monoisotopic (exact) mass is 489 g/mol. The van der Waals surface area contributed by atoms with Gasteiger partial charge in [0, 0.05) is 16.9 Å². The van der Waals surface area contributed by atoms with Crippen molar-refractivity contribution in [2.75, 3.05) is 22.1 Å². The lowest BCUT2D eigenvalue weighted by Crippen LogP contribution is -2.33. The van der Waals surface area contributed by atoms with Crippen LogP contribution in [0.3, 0.4) is 0 Å². The smallest absolute Gasteiger partial charge is 0.283 e. The van der Waals surface area contributed by atoms with Gasteiger partial charge >= 0.3 is 0 Å². The van der Waals surface area contributed by atoms with Crippen LogP contribution in [0.5, 0.6) is 5.75 Å². The van der Waals surface area contributed by atoms with Gasteiger partial charge in [-0.3, -0.25) is 14.4 Å². The first-order valence-corrected chi connectivity index (χ1v) is 11.4. The first kappa shape index (κ1) is 24.0. The third-order valence-corrected chi connectivity index (χ3v) is 6.03. The van der Waals surface area contributed by atoms with Crippen LogP contribution in [-0.4, -0.2) is 24.3 Å². The molecule has 178 valence electrons. The number of amides is 3. The SMILES string of the molecule is CCOc1ccc(NC(=O)c2ccc(NC3=C(Cl)C(=O)N(c4cccc(C)c4C)C3=O)cc2)cc1. The number of imide groups is 1. The number of hydrogen-bond donors (Lipinski definition) is 2. The molecule has 3 aromatic carbocycles. The molecule has 0 saturated heterocycles. The topological polar surface area (TPSA) is 87.7 Å². The van der Waals surface area contributed by atoms with Crippen molar-refractivity contribution in [3.8, 4) is 5.75 Å². The van der Waals surface area contributed by atoms with Gasteiger partial charge in [-0.2, -0.15) is 0 Å². The summed E-state index contributed by atoms with van der Waals surface area (Å²) in [4.78, 5) is 39.5. The second-order valence-electron chi connectivity index (χ2n) is 7.97. The fourth-order valence-corrected chi connectivity index (χ4v) is 3.87. The number of ether oxygens (including phenoxy) is 1. The van der Waals surface area contributed by atoms with E-state index in [9.17, 15) is 14.4 Å². The number of aryl methyl sites for hydroxylation is 1. The van der Waals surface area contributed by atoms with Crippen molar-refractivity contribution < 1.29 is 19.1 Å². The van der Waals surface area contributed by atoms with Gasteiger partial charge in [0.05, 0.1) is 12.3 Å². The predicted octanol–water partition coefficient (Wildman–Crippen LogP) is 5.39. The van der Waals surface area contributed by atoms with Crippen molar-refractivity contribution in [3.05, 3.63) is 94.1 Å². The van der Waals surface area contributed by atoms with Gasteiger partial charge in [0.1, 0.15) is 16.5 Å². The first-order chi connectivity index (χ1) is 16.8. The van der Waals surface area contributed by atoms with Gasteiger partial charge in [0.25, 0.3) is 17.7 Å². The van der Waals surface area contributed by atoms with E-state index in [1.165, 1.54) is 0 Å². The van der Waals surface area contributed by atoms with Crippen LogP contribution in [0.2, 0.25) is 0 Å². The van der Waals surface area contributed by atoms with Crippen molar-refractivity contribution in [3.63, 3.8) is 0 Å². The average molecular weight is 490 g/mol. The molecule has 0 unspecified atom stereocenters. The van der Waals surface area contributed by atoms with Crippen LogP contribution in [0.1, 0.15) is 28.4 Å². The molecule has 7 nitrogen and oxygen atoms in total. The quantitative estimate of drug-likeness (QED) is 0.434. The van der Waals surface area contributed by atoms with Gasteiger partial charge in [-0.05, 0) is 86.5 Å². The van der Waals surface area contributed by atoms with Gasteiger partial charge in [-0.1, -0.05) is 23.7 Å². The number of nitrogens with zero attached hydrogens (tertiary/aromatic N) is 1. The number of benzene rings is 3. The summed E-state index contributed by atoms with van der Waals surface area (Å²) in [7, 11) is 0. The summed E-state index contributed by atoms with van der Waals surface area (Å²) < 4.78 is 5.40. The zero-order chi connectivity index (χ0) is 25.1. The highest BCUT2D eigenvalue weighted by molar-refractivity contribution is 6.53. The summed E-state index contributed by atoms with van der Waals surface area (Å²) in [6, 6.07) is 19.0. The molecule has 4 rings (SSSR count). The lowest BCUT2D eigenvalue weighted by Gasteiger charge is -2.18. The average Bonchev–Trinajstić information content (AvgIpc) is 3.06. The molecule has 3 amide bonds. The normalized spacial score (nSPS) is 13.3. The molecule has 1 heterocycles. The number of anilines is 3. The molecule has 0 aromatic heterocycles. The molecule has 0 radical (unpaired) electrons. The first-order valence-electron chi connectivity index (χ1n) is 11.1. The molecule has 1 aliphatic heterocycles. The Bertz CT molecular complexity index is 1330. The highest BCUT2D eigenvalue weighted by Gasteiger charge is 2.39. The fraction of sp³-hybridized carbons (Fsp3) is 0.148. The van der Waals surface area contributed by atoms with Crippen molar-refractivity contribution in [2.24, 2.45) is 0 Å². The van der Waals surface area contributed by atoms with E-state index in [-0.39, 0.29) is 16.6 Å². The van der Waals surface area contributed by atoms with E-state index in [2.05, 4.69) is 10.6 Å². The summed E-state index contributed by atoms with van der Waals surface area (Å²) >= 11 is 6.25. The summed E-state index contributed by atoms with van der Waals surface area (Å²) in [5.41, 5.74) is 3.84. The maximum Gasteiger partial charge on any atom is 0.283 e. The third-order valence-electron chi connectivity index (χ3n) is 5.68. The summed E-state index contributed by atoms with van der Waals surface area (Å²) in [6.07, 6.45) is 0. The molecule has 0 aliphatic carbocycles. The minimum Gasteiger partial charge on any atom is -0.494 e. The van der Waals surface area contributed by atoms with Crippen LogP contribution in [-0.2, 0) is 9.59 Å². The van der Waals surface area contributed by atoms with Crippen LogP contribution >= 0.6 is 11.6 Å². The number of hydrogen-bond acceptors (Lipinski definition) is 5. The second kappa shape index (κ2) is 10.0. The molecule has 0 saturated carbocycles. The van der Waals surface area contributed by atoms with Crippen molar-refractivity contribution >= 4 is 46.4 Å². The summed E-state index contributed by atoms with van der Waals surface area (Å²) in [6.45, 7) is 6.23. The highest BCUT2D eigenvalue weighted by Crippen LogP contribution is 2.33. The highest BCUT2D eigenvalue weighted by atomic mass is 35.5. The number of carbonyl (C=O) groups is 3. The number of halogens is 1. The largest absolute Gasteiger partial charge is 0.494 e. The zero-order valence-corrected chi connectivity index (χ0v) is 20.3. The Hall–Kier alpha value is -4.10. The van der Waals surface area contributed by atoms with Gasteiger partial charge in [-0.25, -0.2) is 4.90 Å². The second-order valence-corrected chi connectivity index (χ2v) is 8.35. The maximum atomic E-state index is 13.1. The van der Waals surface area contributed by atoms with E-state index >= 15 is 0 Å². The van der Waals surface area contributed by atoms with Crippen molar-refractivity contribution in [1.29, 1.82) is 0 Å². The molecule has 35 heavy (non-hydrogen) atoms. The van der Waals surface area contributed by atoms with Crippen LogP contribution in [0.15, 0.2) is 77.5 Å². The molecule has 2 N–H and O–H groups in total. The Morgan fingerprint density at radius 1 is 0.914 bits per heavy atom. The lowest BCUT2D eigenvalue weighted by atomic mass is 10.1. The Kier molecular flexibility index (Phi) is 6.89. The zero-order valence-electron chi connectivity index (χ0n) is 19.5. The van der Waals surface area contributed by atoms with Crippen molar-refractivity contribution in [2.45, 2.75) is 20.8 Å². The summed E-state index contributed by atoms with van der Waals surface area (Å²) in [5, 5.41) is 5.56. The Balaban J connectivity index is 1.46. The van der Waals surface area contributed by atoms with Crippen LogP contribution in [0, 0.1) is 13.8 Å². The molecule has 0 bridgehead atoms. The maximum absolute atomic E-state index is 13.1. The number of rotatable bonds is 7.